The number of anilines is 1. The summed E-state index contributed by atoms with van der Waals surface area (Å²) in [6, 6.07) is 0.439. The SMILES string of the molecule is CCOC(=O)C1CCCc2sc(NC(CC)CSC)nc21. The third-order valence-electron chi connectivity index (χ3n) is 3.71. The molecule has 118 valence electrons. The average Bonchev–Trinajstić information content (AvgIpc) is 2.89. The summed E-state index contributed by atoms with van der Waals surface area (Å²) in [5.41, 5.74) is 0.950. The summed E-state index contributed by atoms with van der Waals surface area (Å²) in [6.07, 6.45) is 6.13. The molecule has 1 aliphatic carbocycles. The zero-order valence-electron chi connectivity index (χ0n) is 13.0. The van der Waals surface area contributed by atoms with E-state index in [0.717, 1.165) is 42.3 Å². The van der Waals surface area contributed by atoms with Crippen molar-refractivity contribution >= 4 is 34.2 Å². The summed E-state index contributed by atoms with van der Waals surface area (Å²) < 4.78 is 5.19. The number of aryl methyl sites for hydroxylation is 1. The van der Waals surface area contributed by atoms with Crippen LogP contribution in [-0.4, -0.2) is 35.6 Å². The fourth-order valence-electron chi connectivity index (χ4n) is 2.59. The highest BCUT2D eigenvalue weighted by Crippen LogP contribution is 2.37. The Labute approximate surface area is 135 Å². The van der Waals surface area contributed by atoms with Gasteiger partial charge >= 0.3 is 5.97 Å². The zero-order chi connectivity index (χ0) is 15.2. The Morgan fingerprint density at radius 3 is 3.05 bits per heavy atom. The number of fused-ring (bicyclic) bond motifs is 1. The van der Waals surface area contributed by atoms with Crippen molar-refractivity contribution in [2.24, 2.45) is 0 Å². The monoisotopic (exact) mass is 328 g/mol. The molecule has 1 aliphatic rings. The van der Waals surface area contributed by atoms with Gasteiger partial charge in [0.1, 0.15) is 5.92 Å². The second kappa shape index (κ2) is 8.03. The van der Waals surface area contributed by atoms with E-state index in [-0.39, 0.29) is 11.9 Å². The van der Waals surface area contributed by atoms with Crippen molar-refractivity contribution in [1.82, 2.24) is 4.98 Å². The van der Waals surface area contributed by atoms with Gasteiger partial charge in [-0.3, -0.25) is 4.79 Å². The normalized spacial score (nSPS) is 18.9. The number of esters is 1. The van der Waals surface area contributed by atoms with Crippen LogP contribution >= 0.6 is 23.1 Å². The zero-order valence-corrected chi connectivity index (χ0v) is 14.6. The maximum atomic E-state index is 12.1. The molecular formula is C15H24N2O2S2. The highest BCUT2D eigenvalue weighted by molar-refractivity contribution is 7.98. The van der Waals surface area contributed by atoms with Crippen molar-refractivity contribution in [1.29, 1.82) is 0 Å². The van der Waals surface area contributed by atoms with Gasteiger partial charge in [0.2, 0.25) is 0 Å². The smallest absolute Gasteiger partial charge is 0.315 e. The van der Waals surface area contributed by atoms with Crippen LogP contribution in [0.2, 0.25) is 0 Å². The predicted molar refractivity (Wildman–Crippen MR) is 90.5 cm³/mol. The van der Waals surface area contributed by atoms with Crippen molar-refractivity contribution in [3.8, 4) is 0 Å². The first-order valence-electron chi connectivity index (χ1n) is 7.61. The first-order chi connectivity index (χ1) is 10.2. The Bertz CT molecular complexity index is 476. The van der Waals surface area contributed by atoms with Gasteiger partial charge < -0.3 is 10.1 Å². The van der Waals surface area contributed by atoms with Crippen molar-refractivity contribution in [2.45, 2.75) is 51.5 Å². The van der Waals surface area contributed by atoms with Crippen molar-refractivity contribution in [2.75, 3.05) is 23.9 Å². The van der Waals surface area contributed by atoms with Crippen LogP contribution in [0.15, 0.2) is 0 Å². The molecule has 0 spiro atoms. The highest BCUT2D eigenvalue weighted by atomic mass is 32.2. The molecule has 4 nitrogen and oxygen atoms in total. The molecule has 2 rings (SSSR count). The first kappa shape index (κ1) is 16.6. The van der Waals surface area contributed by atoms with E-state index in [4.69, 9.17) is 9.72 Å². The molecule has 21 heavy (non-hydrogen) atoms. The number of thiazole rings is 1. The maximum absolute atomic E-state index is 12.1. The Balaban J connectivity index is 2.13. The number of carbonyl (C=O) groups excluding carboxylic acids is 1. The number of thioether (sulfide) groups is 1. The second-order valence-electron chi connectivity index (χ2n) is 5.23. The molecule has 0 saturated heterocycles. The Morgan fingerprint density at radius 2 is 2.38 bits per heavy atom. The number of rotatable bonds is 7. The minimum atomic E-state index is -0.166. The van der Waals surface area contributed by atoms with Gasteiger partial charge in [-0.1, -0.05) is 6.92 Å². The number of carbonyl (C=O) groups is 1. The quantitative estimate of drug-likeness (QED) is 0.774. The Morgan fingerprint density at radius 1 is 1.57 bits per heavy atom. The van der Waals surface area contributed by atoms with Gasteiger partial charge in [-0.15, -0.1) is 11.3 Å². The number of nitrogens with one attached hydrogen (secondary N) is 1. The fourth-order valence-corrected chi connectivity index (χ4v) is 4.45. The molecule has 2 atom stereocenters. The molecule has 0 aliphatic heterocycles. The summed E-state index contributed by atoms with van der Waals surface area (Å²) in [4.78, 5) is 18.0. The van der Waals surface area contributed by atoms with Gasteiger partial charge in [-0.05, 0) is 38.9 Å². The van der Waals surface area contributed by atoms with Crippen molar-refractivity contribution in [3.05, 3.63) is 10.6 Å². The van der Waals surface area contributed by atoms with Crippen LogP contribution in [0, 0.1) is 0 Å². The third-order valence-corrected chi connectivity index (χ3v) is 5.51. The largest absolute Gasteiger partial charge is 0.465 e. The number of hydrogen-bond acceptors (Lipinski definition) is 6. The van der Waals surface area contributed by atoms with Gasteiger partial charge in [-0.2, -0.15) is 11.8 Å². The molecule has 0 saturated carbocycles. The van der Waals surface area contributed by atoms with Crippen LogP contribution in [0.25, 0.3) is 0 Å². The Hall–Kier alpha value is -0.750. The van der Waals surface area contributed by atoms with Crippen LogP contribution in [0.5, 0.6) is 0 Å². The minimum Gasteiger partial charge on any atom is -0.465 e. The lowest BCUT2D eigenvalue weighted by Gasteiger charge is -2.19. The highest BCUT2D eigenvalue weighted by Gasteiger charge is 2.31. The lowest BCUT2D eigenvalue weighted by Crippen LogP contribution is -2.22. The first-order valence-corrected chi connectivity index (χ1v) is 9.82. The molecule has 1 N–H and O–H groups in total. The van der Waals surface area contributed by atoms with Crippen LogP contribution < -0.4 is 5.32 Å². The van der Waals surface area contributed by atoms with Gasteiger partial charge in [0, 0.05) is 16.7 Å². The van der Waals surface area contributed by atoms with Crippen LogP contribution in [0.1, 0.15) is 49.6 Å². The average molecular weight is 329 g/mol. The van der Waals surface area contributed by atoms with Gasteiger partial charge in [-0.25, -0.2) is 4.98 Å². The van der Waals surface area contributed by atoms with Gasteiger partial charge in [0.15, 0.2) is 5.13 Å². The summed E-state index contributed by atoms with van der Waals surface area (Å²) in [6.45, 7) is 4.47. The number of nitrogens with zero attached hydrogens (tertiary/aromatic N) is 1. The topological polar surface area (TPSA) is 51.2 Å². The van der Waals surface area contributed by atoms with E-state index in [1.807, 2.05) is 18.7 Å². The summed E-state index contributed by atoms with van der Waals surface area (Å²) in [5.74, 6) is 0.787. The molecule has 0 fully saturated rings. The molecule has 2 unspecified atom stereocenters. The van der Waals surface area contributed by atoms with E-state index in [2.05, 4.69) is 18.5 Å². The lowest BCUT2D eigenvalue weighted by molar-refractivity contribution is -0.145. The van der Waals surface area contributed by atoms with E-state index >= 15 is 0 Å². The van der Waals surface area contributed by atoms with Gasteiger partial charge in [0.05, 0.1) is 12.3 Å². The number of hydrogen-bond donors (Lipinski definition) is 1. The predicted octanol–water partition coefficient (Wildman–Crippen LogP) is 3.68. The van der Waals surface area contributed by atoms with E-state index < -0.39 is 0 Å². The van der Waals surface area contributed by atoms with E-state index in [0.29, 0.717) is 12.6 Å². The van der Waals surface area contributed by atoms with Crippen molar-refractivity contribution in [3.63, 3.8) is 0 Å². The summed E-state index contributed by atoms with van der Waals surface area (Å²) >= 11 is 3.55. The van der Waals surface area contributed by atoms with E-state index in [9.17, 15) is 4.79 Å². The van der Waals surface area contributed by atoms with Crippen LogP contribution in [0.3, 0.4) is 0 Å². The summed E-state index contributed by atoms with van der Waals surface area (Å²) in [7, 11) is 0. The molecule has 0 amide bonds. The lowest BCUT2D eigenvalue weighted by atomic mass is 9.91. The second-order valence-corrected chi connectivity index (χ2v) is 7.22. The maximum Gasteiger partial charge on any atom is 0.315 e. The van der Waals surface area contributed by atoms with Gasteiger partial charge in [0.25, 0.3) is 0 Å². The van der Waals surface area contributed by atoms with E-state index in [1.165, 1.54) is 4.88 Å². The third kappa shape index (κ3) is 4.13. The standard InChI is InChI=1S/C15H24N2O2S2/c1-4-10(9-20-3)16-15-17-13-11(14(18)19-5-2)7-6-8-12(13)21-15/h10-11H,4-9H2,1-3H3,(H,16,17). The molecular weight excluding hydrogens is 304 g/mol. The number of aromatic nitrogens is 1. The molecule has 1 heterocycles. The summed E-state index contributed by atoms with van der Waals surface area (Å²) in [5, 5.41) is 4.47. The molecule has 6 heteroatoms. The molecule has 0 aromatic carbocycles. The molecule has 0 radical (unpaired) electrons. The number of ether oxygens (including phenoxy) is 1. The molecule has 1 aromatic rings. The van der Waals surface area contributed by atoms with Crippen molar-refractivity contribution < 1.29 is 9.53 Å². The molecule has 1 aromatic heterocycles. The minimum absolute atomic E-state index is 0.119. The molecule has 0 bridgehead atoms. The van der Waals surface area contributed by atoms with Crippen LogP contribution in [0.4, 0.5) is 5.13 Å². The fraction of sp³-hybridized carbons (Fsp3) is 0.733. The van der Waals surface area contributed by atoms with Crippen LogP contribution in [-0.2, 0) is 16.0 Å². The Kier molecular flexibility index (Phi) is 6.36. The van der Waals surface area contributed by atoms with E-state index in [1.54, 1.807) is 11.3 Å².